The monoisotopic (exact) mass is 238 g/mol. The molecule has 0 radical (unpaired) electrons. The Bertz CT molecular complexity index is 338. The molecule has 0 rings (SSSR count). The van der Waals surface area contributed by atoms with Crippen LogP contribution < -0.4 is 10.9 Å². The number of carbonyl (C=O) groups is 2. The lowest BCUT2D eigenvalue weighted by molar-refractivity contribution is -0.121. The number of hydrogen-bond acceptors (Lipinski definition) is 4. The van der Waals surface area contributed by atoms with Crippen LogP contribution in [0.1, 0.15) is 0 Å². The lowest BCUT2D eigenvalue weighted by Crippen LogP contribution is -2.44. The molecule has 0 spiro atoms. The van der Waals surface area contributed by atoms with E-state index in [9.17, 15) is 9.59 Å². The fourth-order valence-corrected chi connectivity index (χ4v) is 0.943. The summed E-state index contributed by atoms with van der Waals surface area (Å²) in [4.78, 5) is 22.0. The van der Waals surface area contributed by atoms with Crippen molar-refractivity contribution < 1.29 is 9.59 Å². The molecule has 0 aliphatic rings. The maximum absolute atomic E-state index is 11.0. The van der Waals surface area contributed by atoms with Gasteiger partial charge in [-0.2, -0.15) is 0 Å². The molecule has 94 valence electrons. The third kappa shape index (κ3) is 6.16. The summed E-state index contributed by atoms with van der Waals surface area (Å²) in [5, 5.41) is 2.99. The maximum Gasteiger partial charge on any atom is 0.261 e. The van der Waals surface area contributed by atoms with Crippen molar-refractivity contribution in [3.8, 4) is 0 Å². The van der Waals surface area contributed by atoms with E-state index in [-0.39, 0.29) is 11.8 Å². The van der Waals surface area contributed by atoms with E-state index < -0.39 is 0 Å². The Labute approximate surface area is 101 Å². The molecule has 0 aromatic rings. The van der Waals surface area contributed by atoms with Gasteiger partial charge < -0.3 is 0 Å². The van der Waals surface area contributed by atoms with E-state index in [0.29, 0.717) is 12.2 Å². The first-order chi connectivity index (χ1) is 7.90. The van der Waals surface area contributed by atoms with Gasteiger partial charge in [0, 0.05) is 19.8 Å². The Balaban J connectivity index is 4.15. The van der Waals surface area contributed by atoms with Crippen LogP contribution in [0.4, 0.5) is 0 Å². The number of hydrazine groups is 2. The highest BCUT2D eigenvalue weighted by Gasteiger charge is 2.08. The molecule has 2 N–H and O–H groups in total. The first-order valence-electron chi connectivity index (χ1n) is 4.89. The van der Waals surface area contributed by atoms with Crippen molar-refractivity contribution in [3.63, 3.8) is 0 Å². The van der Waals surface area contributed by atoms with Gasteiger partial charge >= 0.3 is 0 Å². The van der Waals surface area contributed by atoms with Gasteiger partial charge in [-0.1, -0.05) is 19.7 Å². The third-order valence-corrected chi connectivity index (χ3v) is 1.84. The van der Waals surface area contributed by atoms with Crippen LogP contribution in [0.15, 0.2) is 37.6 Å². The summed E-state index contributed by atoms with van der Waals surface area (Å²) >= 11 is 0. The number of likely N-dealkylation sites (N-methyl/N-ethyl adjacent to an activating group) is 2. The highest BCUT2D eigenvalue weighted by atomic mass is 16.2. The molecule has 0 aromatic carbocycles. The van der Waals surface area contributed by atoms with Crippen LogP contribution >= 0.6 is 0 Å². The van der Waals surface area contributed by atoms with Crippen LogP contribution in [-0.2, 0) is 9.59 Å². The zero-order valence-corrected chi connectivity index (χ0v) is 10.2. The molecule has 6 heteroatoms. The summed E-state index contributed by atoms with van der Waals surface area (Å²) in [5.41, 5.74) is 5.66. The van der Waals surface area contributed by atoms with Gasteiger partial charge in [-0.3, -0.25) is 25.4 Å². The van der Waals surface area contributed by atoms with Crippen molar-refractivity contribution in [3.05, 3.63) is 37.6 Å². The van der Waals surface area contributed by atoms with Gasteiger partial charge in [0.05, 0.1) is 6.54 Å². The molecule has 0 saturated heterocycles. The highest BCUT2D eigenvalue weighted by molar-refractivity contribution is 5.86. The average molecular weight is 238 g/mol. The molecule has 6 nitrogen and oxygen atoms in total. The van der Waals surface area contributed by atoms with Gasteiger partial charge in [-0.15, -0.1) is 0 Å². The number of nitrogens with one attached hydrogen (secondary N) is 2. The average Bonchev–Trinajstić information content (AvgIpc) is 2.28. The van der Waals surface area contributed by atoms with Gasteiger partial charge in [0.15, 0.2) is 0 Å². The van der Waals surface area contributed by atoms with E-state index in [4.69, 9.17) is 0 Å². The molecule has 0 aliphatic carbocycles. The Morgan fingerprint density at radius 3 is 2.06 bits per heavy atom. The number of amides is 2. The summed E-state index contributed by atoms with van der Waals surface area (Å²) < 4.78 is 0. The Hall–Kier alpha value is -2.08. The Morgan fingerprint density at radius 2 is 1.59 bits per heavy atom. The topological polar surface area (TPSA) is 64.7 Å². The van der Waals surface area contributed by atoms with Crippen LogP contribution in [0.5, 0.6) is 0 Å². The molecule has 0 aliphatic heterocycles. The van der Waals surface area contributed by atoms with Crippen molar-refractivity contribution in [2.75, 3.05) is 20.6 Å². The van der Waals surface area contributed by atoms with Gasteiger partial charge in [-0.05, 0) is 12.2 Å². The lowest BCUT2D eigenvalue weighted by atomic mass is 10.4. The van der Waals surface area contributed by atoms with Crippen LogP contribution in [-0.4, -0.2) is 42.5 Å². The largest absolute Gasteiger partial charge is 0.292 e. The van der Waals surface area contributed by atoms with Crippen molar-refractivity contribution in [1.29, 1.82) is 0 Å². The summed E-state index contributed by atoms with van der Waals surface area (Å²) in [6, 6.07) is 0. The van der Waals surface area contributed by atoms with Crippen LogP contribution in [0, 0.1) is 0 Å². The fourth-order valence-electron chi connectivity index (χ4n) is 0.943. The van der Waals surface area contributed by atoms with Crippen LogP contribution in [0.2, 0.25) is 0 Å². The minimum Gasteiger partial charge on any atom is -0.292 e. The number of hydrogen-bond donors (Lipinski definition) is 2. The van der Waals surface area contributed by atoms with Gasteiger partial charge in [-0.25, -0.2) is 5.01 Å². The quantitative estimate of drug-likeness (QED) is 0.476. The second kappa shape index (κ2) is 7.24. The highest BCUT2D eigenvalue weighted by Crippen LogP contribution is 1.96. The van der Waals surface area contributed by atoms with E-state index in [1.54, 1.807) is 14.1 Å². The molecule has 0 unspecified atom stereocenters. The second-order valence-electron chi connectivity index (χ2n) is 3.34. The van der Waals surface area contributed by atoms with E-state index in [0.717, 1.165) is 6.08 Å². The molecular formula is C11H18N4O2. The Morgan fingerprint density at radius 1 is 1.12 bits per heavy atom. The standard InChI is InChI=1S/C11H18N4O2/c1-6-10(16)12-14(4)8-9(3)15(5)13-11(17)7-2/h6-7H,1-3,8H2,4-5H3,(H,12,16)(H,13,17). The van der Waals surface area contributed by atoms with Crippen LogP contribution in [0.25, 0.3) is 0 Å². The first kappa shape index (κ1) is 14.9. The number of nitrogens with zero attached hydrogens (tertiary/aromatic N) is 2. The summed E-state index contributed by atoms with van der Waals surface area (Å²) in [7, 11) is 3.32. The van der Waals surface area contributed by atoms with Crippen LogP contribution in [0.3, 0.4) is 0 Å². The zero-order chi connectivity index (χ0) is 13.4. The first-order valence-corrected chi connectivity index (χ1v) is 4.89. The molecular weight excluding hydrogens is 220 g/mol. The van der Waals surface area contributed by atoms with E-state index in [1.807, 2.05) is 0 Å². The van der Waals surface area contributed by atoms with Gasteiger partial charge in [0.2, 0.25) is 0 Å². The van der Waals surface area contributed by atoms with Crippen molar-refractivity contribution in [2.24, 2.45) is 0 Å². The number of carbonyl (C=O) groups excluding carboxylic acids is 2. The van der Waals surface area contributed by atoms with E-state index >= 15 is 0 Å². The number of rotatable bonds is 7. The molecule has 0 atom stereocenters. The Kier molecular flexibility index (Phi) is 6.35. The minimum absolute atomic E-state index is 0.307. The van der Waals surface area contributed by atoms with Crippen molar-refractivity contribution in [1.82, 2.24) is 20.9 Å². The predicted octanol–water partition coefficient (Wildman–Crippen LogP) is -0.202. The van der Waals surface area contributed by atoms with E-state index in [2.05, 4.69) is 30.6 Å². The molecule has 17 heavy (non-hydrogen) atoms. The lowest BCUT2D eigenvalue weighted by Gasteiger charge is -2.25. The molecule has 0 fully saturated rings. The van der Waals surface area contributed by atoms with Crippen molar-refractivity contribution >= 4 is 11.8 Å². The SMILES string of the molecule is C=CC(=O)NN(C)CC(=C)N(C)NC(=O)C=C. The zero-order valence-electron chi connectivity index (χ0n) is 10.2. The third-order valence-electron chi connectivity index (χ3n) is 1.84. The molecule has 0 aromatic heterocycles. The molecule has 0 heterocycles. The second-order valence-corrected chi connectivity index (χ2v) is 3.34. The van der Waals surface area contributed by atoms with Gasteiger partial charge in [0.1, 0.15) is 0 Å². The molecule has 2 amide bonds. The summed E-state index contributed by atoms with van der Waals surface area (Å²) in [6.45, 7) is 10.8. The van der Waals surface area contributed by atoms with Crippen molar-refractivity contribution in [2.45, 2.75) is 0 Å². The molecule has 0 saturated carbocycles. The fraction of sp³-hybridized carbons (Fsp3) is 0.273. The smallest absolute Gasteiger partial charge is 0.261 e. The molecule has 0 bridgehead atoms. The minimum atomic E-state index is -0.327. The maximum atomic E-state index is 11.0. The van der Waals surface area contributed by atoms with E-state index in [1.165, 1.54) is 16.1 Å². The normalized spacial score (nSPS) is 9.35. The summed E-state index contributed by atoms with van der Waals surface area (Å²) in [6.07, 6.45) is 2.33. The summed E-state index contributed by atoms with van der Waals surface area (Å²) in [5.74, 6) is -0.635. The predicted molar refractivity (Wildman–Crippen MR) is 66.2 cm³/mol. The van der Waals surface area contributed by atoms with Gasteiger partial charge in [0.25, 0.3) is 11.8 Å².